The van der Waals surface area contributed by atoms with Crippen molar-refractivity contribution in [2.24, 2.45) is 0 Å². The zero-order valence-electron chi connectivity index (χ0n) is 12.7. The van der Waals surface area contributed by atoms with E-state index in [2.05, 4.69) is 0 Å². The molecule has 0 aliphatic carbocycles. The van der Waals surface area contributed by atoms with Crippen molar-refractivity contribution >= 4 is 18.0 Å². The molecular weight excluding hydrogens is 286 g/mol. The summed E-state index contributed by atoms with van der Waals surface area (Å²) in [5, 5.41) is 8.92. The summed E-state index contributed by atoms with van der Waals surface area (Å²) in [6.45, 7) is 2.09. The highest BCUT2D eigenvalue weighted by atomic mass is 16.5. The van der Waals surface area contributed by atoms with Gasteiger partial charge in [-0.2, -0.15) is 0 Å². The van der Waals surface area contributed by atoms with Gasteiger partial charge in [0.05, 0.1) is 12.7 Å². The van der Waals surface area contributed by atoms with Crippen LogP contribution < -0.4 is 9.47 Å². The molecule has 1 amide bonds. The minimum Gasteiger partial charge on any atom is -0.493 e. The first-order valence-corrected chi connectivity index (χ1v) is 7.08. The second-order valence-corrected chi connectivity index (χ2v) is 4.96. The largest absolute Gasteiger partial charge is 0.493 e. The zero-order valence-corrected chi connectivity index (χ0v) is 12.7. The summed E-state index contributed by atoms with van der Waals surface area (Å²) < 4.78 is 10.8. The number of rotatable bonds is 6. The van der Waals surface area contributed by atoms with Crippen LogP contribution in [0.1, 0.15) is 18.9 Å². The second kappa shape index (κ2) is 6.98. The third-order valence-corrected chi connectivity index (χ3v) is 3.31. The number of methoxy groups -OCH3 is 1. The quantitative estimate of drug-likeness (QED) is 0.867. The summed E-state index contributed by atoms with van der Waals surface area (Å²) in [4.78, 5) is 24.7. The smallest absolute Gasteiger partial charge is 0.323 e. The summed E-state index contributed by atoms with van der Waals surface area (Å²) in [6, 6.07) is 5.42. The molecule has 1 aromatic carbocycles. The van der Waals surface area contributed by atoms with E-state index in [1.807, 2.05) is 19.1 Å². The van der Waals surface area contributed by atoms with Crippen LogP contribution >= 0.6 is 0 Å². The third-order valence-electron chi connectivity index (χ3n) is 3.31. The number of carbonyl (C=O) groups is 2. The number of carbonyl (C=O) groups excluding carboxylic acids is 1. The maximum Gasteiger partial charge on any atom is 0.323 e. The molecule has 6 nitrogen and oxygen atoms in total. The lowest BCUT2D eigenvalue weighted by molar-refractivity contribution is -0.143. The van der Waals surface area contributed by atoms with E-state index in [-0.39, 0.29) is 19.1 Å². The van der Waals surface area contributed by atoms with Crippen molar-refractivity contribution < 1.29 is 24.2 Å². The minimum atomic E-state index is -1.03. The van der Waals surface area contributed by atoms with Gasteiger partial charge in [0, 0.05) is 12.1 Å². The first-order valence-electron chi connectivity index (χ1n) is 7.08. The number of benzene rings is 1. The highest BCUT2D eigenvalue weighted by molar-refractivity contribution is 6.00. The Kier molecular flexibility index (Phi) is 5.04. The average Bonchev–Trinajstić information content (AvgIpc) is 2.52. The van der Waals surface area contributed by atoms with Crippen molar-refractivity contribution in [2.45, 2.75) is 13.3 Å². The van der Waals surface area contributed by atoms with Crippen molar-refractivity contribution in [3.05, 3.63) is 29.3 Å². The fourth-order valence-corrected chi connectivity index (χ4v) is 2.35. The Morgan fingerprint density at radius 3 is 2.82 bits per heavy atom. The van der Waals surface area contributed by atoms with Gasteiger partial charge in [-0.15, -0.1) is 0 Å². The third kappa shape index (κ3) is 3.39. The molecule has 6 heteroatoms. The van der Waals surface area contributed by atoms with Crippen LogP contribution in [0.2, 0.25) is 0 Å². The Hall–Kier alpha value is -2.50. The molecule has 0 bridgehead atoms. The molecule has 2 rings (SSSR count). The van der Waals surface area contributed by atoms with E-state index in [1.165, 1.54) is 4.90 Å². The SMILES string of the molecule is CCCN(CC(=O)O)C(=O)C1=Cc2cccc(OC)c2OC1. The minimum absolute atomic E-state index is 0.103. The number of carboxylic acids is 1. The van der Waals surface area contributed by atoms with Crippen LogP contribution in [0.4, 0.5) is 0 Å². The van der Waals surface area contributed by atoms with Gasteiger partial charge in [-0.3, -0.25) is 9.59 Å². The fraction of sp³-hybridized carbons (Fsp3) is 0.375. The zero-order chi connectivity index (χ0) is 16.1. The number of ether oxygens (including phenoxy) is 2. The van der Waals surface area contributed by atoms with Gasteiger partial charge in [-0.25, -0.2) is 0 Å². The maximum absolute atomic E-state index is 12.5. The van der Waals surface area contributed by atoms with Crippen molar-refractivity contribution in [1.82, 2.24) is 4.90 Å². The molecule has 118 valence electrons. The van der Waals surface area contributed by atoms with Crippen molar-refractivity contribution in [2.75, 3.05) is 26.8 Å². The maximum atomic E-state index is 12.5. The Bertz CT molecular complexity index is 609. The summed E-state index contributed by atoms with van der Waals surface area (Å²) in [5.41, 5.74) is 1.19. The predicted octanol–water partition coefficient (Wildman–Crippen LogP) is 1.79. The molecule has 0 radical (unpaired) electrons. The van der Waals surface area contributed by atoms with Crippen LogP contribution in [0.3, 0.4) is 0 Å². The Morgan fingerprint density at radius 1 is 1.41 bits per heavy atom. The van der Waals surface area contributed by atoms with Crippen LogP contribution in [-0.4, -0.2) is 48.7 Å². The molecule has 1 aliphatic rings. The number of carboxylic acid groups (broad SMARTS) is 1. The first kappa shape index (κ1) is 15.9. The molecule has 0 fully saturated rings. The van der Waals surface area contributed by atoms with Gasteiger partial charge in [0.2, 0.25) is 0 Å². The molecule has 1 aliphatic heterocycles. The Balaban J connectivity index is 2.26. The molecule has 1 N–H and O–H groups in total. The number of hydrogen-bond acceptors (Lipinski definition) is 4. The van der Waals surface area contributed by atoms with Crippen LogP contribution in [0, 0.1) is 0 Å². The van der Waals surface area contributed by atoms with Crippen molar-refractivity contribution in [3.8, 4) is 11.5 Å². The Labute approximate surface area is 128 Å². The second-order valence-electron chi connectivity index (χ2n) is 4.96. The average molecular weight is 305 g/mol. The molecule has 22 heavy (non-hydrogen) atoms. The highest BCUT2D eigenvalue weighted by Crippen LogP contribution is 2.35. The number of aliphatic carboxylic acids is 1. The van der Waals surface area contributed by atoms with Crippen LogP contribution in [0.25, 0.3) is 6.08 Å². The van der Waals surface area contributed by atoms with Gasteiger partial charge in [-0.05, 0) is 18.6 Å². The van der Waals surface area contributed by atoms with Gasteiger partial charge >= 0.3 is 5.97 Å². The first-order chi connectivity index (χ1) is 10.6. The molecule has 0 aromatic heterocycles. The summed E-state index contributed by atoms with van der Waals surface area (Å²) in [5.74, 6) is -0.128. The standard InChI is InChI=1S/C16H19NO5/c1-3-7-17(9-14(18)19)16(20)12-8-11-5-4-6-13(21-2)15(11)22-10-12/h4-6,8H,3,7,9-10H2,1-2H3,(H,18,19). The molecule has 0 saturated carbocycles. The number of fused-ring (bicyclic) bond motifs is 1. The van der Waals surface area contributed by atoms with Gasteiger partial charge < -0.3 is 19.5 Å². The van der Waals surface area contributed by atoms with E-state index >= 15 is 0 Å². The number of amides is 1. The van der Waals surface area contributed by atoms with Crippen LogP contribution in [-0.2, 0) is 9.59 Å². The van der Waals surface area contributed by atoms with Crippen molar-refractivity contribution in [1.29, 1.82) is 0 Å². The molecule has 0 atom stereocenters. The molecule has 0 unspecified atom stereocenters. The van der Waals surface area contributed by atoms with E-state index in [1.54, 1.807) is 19.3 Å². The molecule has 1 heterocycles. The summed E-state index contributed by atoms with van der Waals surface area (Å²) >= 11 is 0. The predicted molar refractivity (Wildman–Crippen MR) is 81.0 cm³/mol. The highest BCUT2D eigenvalue weighted by Gasteiger charge is 2.24. The Morgan fingerprint density at radius 2 is 2.18 bits per heavy atom. The summed E-state index contributed by atoms with van der Waals surface area (Å²) in [7, 11) is 1.55. The molecule has 0 spiro atoms. The lowest BCUT2D eigenvalue weighted by Gasteiger charge is -2.24. The topological polar surface area (TPSA) is 76.1 Å². The lowest BCUT2D eigenvalue weighted by atomic mass is 10.1. The van der Waals surface area contributed by atoms with E-state index in [4.69, 9.17) is 14.6 Å². The van der Waals surface area contributed by atoms with E-state index in [0.717, 1.165) is 5.56 Å². The van der Waals surface area contributed by atoms with E-state index in [0.29, 0.717) is 30.0 Å². The normalized spacial score (nSPS) is 12.7. The van der Waals surface area contributed by atoms with Gasteiger partial charge in [0.25, 0.3) is 5.91 Å². The molecule has 0 saturated heterocycles. The number of hydrogen-bond donors (Lipinski definition) is 1. The van der Waals surface area contributed by atoms with Crippen LogP contribution in [0.15, 0.2) is 23.8 Å². The monoisotopic (exact) mass is 305 g/mol. The molecule has 1 aromatic rings. The van der Waals surface area contributed by atoms with E-state index in [9.17, 15) is 9.59 Å². The summed E-state index contributed by atoms with van der Waals surface area (Å²) in [6.07, 6.45) is 2.42. The van der Waals surface area contributed by atoms with Crippen LogP contribution in [0.5, 0.6) is 11.5 Å². The lowest BCUT2D eigenvalue weighted by Crippen LogP contribution is -2.38. The number of nitrogens with zero attached hydrogens (tertiary/aromatic N) is 1. The fourth-order valence-electron chi connectivity index (χ4n) is 2.35. The van der Waals surface area contributed by atoms with Gasteiger partial charge in [-0.1, -0.05) is 19.1 Å². The van der Waals surface area contributed by atoms with Gasteiger partial charge in [0.1, 0.15) is 13.2 Å². The number of para-hydroxylation sites is 1. The van der Waals surface area contributed by atoms with Gasteiger partial charge in [0.15, 0.2) is 11.5 Å². The van der Waals surface area contributed by atoms with Crippen molar-refractivity contribution in [3.63, 3.8) is 0 Å². The van der Waals surface area contributed by atoms with E-state index < -0.39 is 5.97 Å². The molecular formula is C16H19NO5.